The second kappa shape index (κ2) is 3.94. The summed E-state index contributed by atoms with van der Waals surface area (Å²) in [5.41, 5.74) is 3.56. The van der Waals surface area contributed by atoms with Crippen LogP contribution >= 0.6 is 0 Å². The van der Waals surface area contributed by atoms with Crippen molar-refractivity contribution in [2.75, 3.05) is 0 Å². The van der Waals surface area contributed by atoms with Gasteiger partial charge in [0.1, 0.15) is 5.60 Å². The summed E-state index contributed by atoms with van der Waals surface area (Å²) >= 11 is 0. The summed E-state index contributed by atoms with van der Waals surface area (Å²) in [5, 5.41) is 13.6. The molecule has 1 nitrogen and oxygen atoms in total. The van der Waals surface area contributed by atoms with Gasteiger partial charge >= 0.3 is 0 Å². The number of hydrogen-bond donors (Lipinski definition) is 1. The topological polar surface area (TPSA) is 20.2 Å². The molecule has 20 heavy (non-hydrogen) atoms. The van der Waals surface area contributed by atoms with Gasteiger partial charge in [-0.2, -0.15) is 0 Å². The van der Waals surface area contributed by atoms with Crippen LogP contribution in [0.4, 0.5) is 0 Å². The zero-order valence-electron chi connectivity index (χ0n) is 11.4. The van der Waals surface area contributed by atoms with Gasteiger partial charge in [-0.3, -0.25) is 0 Å². The monoisotopic (exact) mass is 260 g/mol. The lowest BCUT2D eigenvalue weighted by Gasteiger charge is -2.24. The van der Waals surface area contributed by atoms with Gasteiger partial charge in [-0.15, -0.1) is 0 Å². The first-order valence-corrected chi connectivity index (χ1v) is 7.09. The lowest BCUT2D eigenvalue weighted by molar-refractivity contribution is 0.0815. The second-order valence-corrected chi connectivity index (χ2v) is 5.50. The third kappa shape index (κ3) is 1.36. The zero-order valence-corrected chi connectivity index (χ0v) is 11.4. The summed E-state index contributed by atoms with van der Waals surface area (Å²) in [6.45, 7) is 2.04. The maximum absolute atomic E-state index is 11.2. The maximum atomic E-state index is 11.2. The molecule has 0 heterocycles. The molecule has 1 N–H and O–H groups in total. The molecule has 3 aromatic carbocycles. The summed E-state index contributed by atoms with van der Waals surface area (Å²) in [4.78, 5) is 0. The Bertz CT molecular complexity index is 819. The van der Waals surface area contributed by atoms with Gasteiger partial charge in [0, 0.05) is 0 Å². The molecule has 1 aliphatic rings. The Kier molecular flexibility index (Phi) is 2.30. The fourth-order valence-electron chi connectivity index (χ4n) is 3.41. The first-order chi connectivity index (χ1) is 9.74. The molecular formula is C19H16O. The van der Waals surface area contributed by atoms with E-state index in [0.29, 0.717) is 6.42 Å². The minimum atomic E-state index is -0.851. The molecule has 0 saturated carbocycles. The number of hydrogen-bond acceptors (Lipinski definition) is 1. The van der Waals surface area contributed by atoms with Crippen LogP contribution in [-0.2, 0) is 5.60 Å². The molecule has 0 radical (unpaired) electrons. The molecule has 0 aromatic heterocycles. The molecule has 0 saturated heterocycles. The van der Waals surface area contributed by atoms with Crippen molar-refractivity contribution in [1.82, 2.24) is 0 Å². The van der Waals surface area contributed by atoms with Crippen molar-refractivity contribution in [1.29, 1.82) is 0 Å². The zero-order chi connectivity index (χ0) is 13.7. The van der Waals surface area contributed by atoms with Crippen molar-refractivity contribution < 1.29 is 5.11 Å². The van der Waals surface area contributed by atoms with Gasteiger partial charge in [0.2, 0.25) is 0 Å². The van der Waals surface area contributed by atoms with Gasteiger partial charge < -0.3 is 5.11 Å². The molecule has 3 aromatic rings. The SMILES string of the molecule is CCC1(O)c2ccccc2-c2cc3ccccc3cc21. The molecule has 98 valence electrons. The van der Waals surface area contributed by atoms with Crippen LogP contribution in [0.25, 0.3) is 21.9 Å². The van der Waals surface area contributed by atoms with Crippen molar-refractivity contribution in [2.45, 2.75) is 18.9 Å². The van der Waals surface area contributed by atoms with Crippen LogP contribution in [0.3, 0.4) is 0 Å². The molecule has 0 fully saturated rings. The fraction of sp³-hybridized carbons (Fsp3) is 0.158. The molecule has 1 unspecified atom stereocenters. The highest BCUT2D eigenvalue weighted by atomic mass is 16.3. The Labute approximate surface area is 118 Å². The van der Waals surface area contributed by atoms with Crippen LogP contribution in [0.2, 0.25) is 0 Å². The number of rotatable bonds is 1. The number of aliphatic hydroxyl groups is 1. The third-order valence-corrected chi connectivity index (χ3v) is 4.51. The average molecular weight is 260 g/mol. The molecule has 0 bridgehead atoms. The summed E-state index contributed by atoms with van der Waals surface area (Å²) in [6, 6.07) is 20.9. The Morgan fingerprint density at radius 3 is 2.20 bits per heavy atom. The standard InChI is InChI=1S/C19H16O/c1-2-19(20)17-10-6-5-9-15(17)16-11-13-7-3-4-8-14(13)12-18(16)19/h3-12,20H,2H2,1H3. The number of fused-ring (bicyclic) bond motifs is 4. The lowest BCUT2D eigenvalue weighted by atomic mass is 9.88. The predicted octanol–water partition coefficient (Wildman–Crippen LogP) is 4.47. The molecule has 1 atom stereocenters. The van der Waals surface area contributed by atoms with E-state index in [2.05, 4.69) is 36.4 Å². The summed E-state index contributed by atoms with van der Waals surface area (Å²) in [5.74, 6) is 0. The van der Waals surface area contributed by atoms with Crippen molar-refractivity contribution >= 4 is 10.8 Å². The Morgan fingerprint density at radius 1 is 0.800 bits per heavy atom. The predicted molar refractivity (Wildman–Crippen MR) is 82.7 cm³/mol. The van der Waals surface area contributed by atoms with E-state index in [1.54, 1.807) is 0 Å². The largest absolute Gasteiger partial charge is 0.380 e. The van der Waals surface area contributed by atoms with Crippen LogP contribution in [0, 0.1) is 0 Å². The summed E-state index contributed by atoms with van der Waals surface area (Å²) in [6.07, 6.45) is 0.690. The highest BCUT2D eigenvalue weighted by Crippen LogP contribution is 2.50. The minimum Gasteiger partial charge on any atom is -0.380 e. The fourth-order valence-corrected chi connectivity index (χ4v) is 3.41. The maximum Gasteiger partial charge on any atom is 0.116 e. The molecule has 0 aliphatic heterocycles. The van der Waals surface area contributed by atoms with Gasteiger partial charge in [-0.05, 0) is 51.6 Å². The lowest BCUT2D eigenvalue weighted by Crippen LogP contribution is -2.23. The average Bonchev–Trinajstić information content (AvgIpc) is 2.76. The van der Waals surface area contributed by atoms with Gasteiger partial charge in [-0.25, -0.2) is 0 Å². The minimum absolute atomic E-state index is 0.690. The van der Waals surface area contributed by atoms with E-state index in [1.807, 2.05) is 31.2 Å². The van der Waals surface area contributed by atoms with Crippen molar-refractivity contribution in [3.63, 3.8) is 0 Å². The van der Waals surface area contributed by atoms with E-state index in [0.717, 1.165) is 16.7 Å². The van der Waals surface area contributed by atoms with Gasteiger partial charge in [0.15, 0.2) is 0 Å². The van der Waals surface area contributed by atoms with Crippen LogP contribution in [-0.4, -0.2) is 5.11 Å². The first-order valence-electron chi connectivity index (χ1n) is 7.09. The van der Waals surface area contributed by atoms with E-state index in [4.69, 9.17) is 0 Å². The molecule has 0 spiro atoms. The first kappa shape index (κ1) is 11.7. The highest BCUT2D eigenvalue weighted by Gasteiger charge is 2.39. The quantitative estimate of drug-likeness (QED) is 0.684. The van der Waals surface area contributed by atoms with Crippen molar-refractivity contribution in [3.8, 4) is 11.1 Å². The smallest absolute Gasteiger partial charge is 0.116 e. The van der Waals surface area contributed by atoms with Crippen LogP contribution in [0.1, 0.15) is 24.5 Å². The van der Waals surface area contributed by atoms with E-state index in [1.165, 1.54) is 16.3 Å². The molecule has 1 heteroatoms. The molecule has 4 rings (SSSR count). The van der Waals surface area contributed by atoms with Gasteiger partial charge in [0.05, 0.1) is 0 Å². The molecular weight excluding hydrogens is 244 g/mol. The Hall–Kier alpha value is -2.12. The van der Waals surface area contributed by atoms with E-state index >= 15 is 0 Å². The highest BCUT2D eigenvalue weighted by molar-refractivity contribution is 5.93. The van der Waals surface area contributed by atoms with E-state index < -0.39 is 5.60 Å². The van der Waals surface area contributed by atoms with Gasteiger partial charge in [-0.1, -0.05) is 55.5 Å². The van der Waals surface area contributed by atoms with Crippen LogP contribution in [0.15, 0.2) is 60.7 Å². The molecule has 1 aliphatic carbocycles. The number of benzene rings is 3. The summed E-state index contributed by atoms with van der Waals surface area (Å²) in [7, 11) is 0. The van der Waals surface area contributed by atoms with E-state index in [9.17, 15) is 5.11 Å². The van der Waals surface area contributed by atoms with Crippen LogP contribution < -0.4 is 0 Å². The van der Waals surface area contributed by atoms with Gasteiger partial charge in [0.25, 0.3) is 0 Å². The molecule has 0 amide bonds. The Balaban J connectivity index is 2.13. The van der Waals surface area contributed by atoms with Crippen LogP contribution in [0.5, 0.6) is 0 Å². The van der Waals surface area contributed by atoms with Crippen molar-refractivity contribution in [3.05, 3.63) is 71.8 Å². The van der Waals surface area contributed by atoms with E-state index in [-0.39, 0.29) is 0 Å². The summed E-state index contributed by atoms with van der Waals surface area (Å²) < 4.78 is 0. The normalized spacial score (nSPS) is 19.9. The van der Waals surface area contributed by atoms with Crippen molar-refractivity contribution in [2.24, 2.45) is 0 Å². The second-order valence-electron chi connectivity index (χ2n) is 5.50. The third-order valence-electron chi connectivity index (χ3n) is 4.51. The Morgan fingerprint density at radius 2 is 1.45 bits per heavy atom.